The molecule has 1 saturated heterocycles. The van der Waals surface area contributed by atoms with Crippen LogP contribution in [0.1, 0.15) is 23.2 Å². The standard InChI is InChI=1S/C17H19N3O5S2/c1-25-16(22)12-7-5-11(6-8-12)13-10-26-17(18-13)19-15(21)14-4-3-9-20(14)27(2,23)24/h5-8,10,14H,3-4,9H2,1-2H3,(H,18,19,21). The topological polar surface area (TPSA) is 106 Å². The second-order valence-electron chi connectivity index (χ2n) is 6.13. The van der Waals surface area contributed by atoms with Crippen LogP contribution in [-0.2, 0) is 19.6 Å². The van der Waals surface area contributed by atoms with Gasteiger partial charge < -0.3 is 10.1 Å². The zero-order valence-electron chi connectivity index (χ0n) is 14.8. The average molecular weight is 409 g/mol. The van der Waals surface area contributed by atoms with Crippen molar-refractivity contribution in [1.29, 1.82) is 0 Å². The predicted octanol–water partition coefficient (Wildman–Crippen LogP) is 1.96. The number of anilines is 1. The van der Waals surface area contributed by atoms with Gasteiger partial charge in [-0.15, -0.1) is 11.3 Å². The molecule has 1 aliphatic rings. The maximum atomic E-state index is 12.5. The number of benzene rings is 1. The highest BCUT2D eigenvalue weighted by molar-refractivity contribution is 7.88. The molecule has 0 spiro atoms. The number of carbonyl (C=O) groups excluding carboxylic acids is 2. The van der Waals surface area contributed by atoms with Crippen molar-refractivity contribution in [2.75, 3.05) is 25.2 Å². The molecule has 0 bridgehead atoms. The first-order valence-corrected chi connectivity index (χ1v) is 10.9. The van der Waals surface area contributed by atoms with Gasteiger partial charge in [-0.1, -0.05) is 12.1 Å². The summed E-state index contributed by atoms with van der Waals surface area (Å²) in [5.41, 5.74) is 1.88. The van der Waals surface area contributed by atoms with E-state index in [-0.39, 0.29) is 5.91 Å². The van der Waals surface area contributed by atoms with Crippen molar-refractivity contribution in [2.24, 2.45) is 0 Å². The Morgan fingerprint density at radius 2 is 2.00 bits per heavy atom. The van der Waals surface area contributed by atoms with Crippen LogP contribution in [0.5, 0.6) is 0 Å². The zero-order chi connectivity index (χ0) is 19.6. The molecule has 1 aromatic heterocycles. The van der Waals surface area contributed by atoms with E-state index in [0.29, 0.717) is 35.8 Å². The SMILES string of the molecule is COC(=O)c1ccc(-c2csc(NC(=O)C3CCCN3S(C)(=O)=O)n2)cc1. The van der Waals surface area contributed by atoms with Crippen molar-refractivity contribution in [3.8, 4) is 11.3 Å². The van der Waals surface area contributed by atoms with Crippen LogP contribution in [0, 0.1) is 0 Å². The van der Waals surface area contributed by atoms with Crippen molar-refractivity contribution in [3.63, 3.8) is 0 Å². The molecular weight excluding hydrogens is 390 g/mol. The van der Waals surface area contributed by atoms with Crippen molar-refractivity contribution in [3.05, 3.63) is 35.2 Å². The number of ether oxygens (including phenoxy) is 1. The molecule has 1 aromatic carbocycles. The number of amides is 1. The molecule has 10 heteroatoms. The molecule has 3 rings (SSSR count). The van der Waals surface area contributed by atoms with Gasteiger partial charge in [0.1, 0.15) is 6.04 Å². The number of esters is 1. The zero-order valence-corrected chi connectivity index (χ0v) is 16.5. The lowest BCUT2D eigenvalue weighted by molar-refractivity contribution is -0.119. The van der Waals surface area contributed by atoms with Gasteiger partial charge in [-0.2, -0.15) is 4.31 Å². The van der Waals surface area contributed by atoms with Gasteiger partial charge in [-0.3, -0.25) is 4.79 Å². The number of sulfonamides is 1. The predicted molar refractivity (Wildman–Crippen MR) is 102 cm³/mol. The molecule has 27 heavy (non-hydrogen) atoms. The smallest absolute Gasteiger partial charge is 0.337 e. The third kappa shape index (κ3) is 4.34. The van der Waals surface area contributed by atoms with E-state index in [4.69, 9.17) is 0 Å². The summed E-state index contributed by atoms with van der Waals surface area (Å²) in [6.45, 7) is 0.354. The van der Waals surface area contributed by atoms with Crippen LogP contribution >= 0.6 is 11.3 Å². The van der Waals surface area contributed by atoms with Gasteiger partial charge in [0, 0.05) is 17.5 Å². The summed E-state index contributed by atoms with van der Waals surface area (Å²) in [4.78, 5) is 28.3. The number of hydrogen-bond donors (Lipinski definition) is 1. The highest BCUT2D eigenvalue weighted by Gasteiger charge is 2.36. The maximum absolute atomic E-state index is 12.5. The number of rotatable bonds is 5. The Balaban J connectivity index is 1.71. The minimum atomic E-state index is -3.42. The van der Waals surface area contributed by atoms with Crippen LogP contribution in [0.3, 0.4) is 0 Å². The first-order chi connectivity index (χ1) is 12.8. The highest BCUT2D eigenvalue weighted by Crippen LogP contribution is 2.27. The monoisotopic (exact) mass is 409 g/mol. The molecule has 0 radical (unpaired) electrons. The minimum absolute atomic E-state index is 0.354. The fourth-order valence-electron chi connectivity index (χ4n) is 2.95. The van der Waals surface area contributed by atoms with Gasteiger partial charge >= 0.3 is 5.97 Å². The fraction of sp³-hybridized carbons (Fsp3) is 0.353. The molecule has 1 aliphatic heterocycles. The third-order valence-electron chi connectivity index (χ3n) is 4.27. The molecule has 1 unspecified atom stereocenters. The second kappa shape index (κ2) is 7.75. The molecule has 1 atom stereocenters. The van der Waals surface area contributed by atoms with E-state index < -0.39 is 22.0 Å². The van der Waals surface area contributed by atoms with Crippen molar-refractivity contribution in [1.82, 2.24) is 9.29 Å². The Hall–Kier alpha value is -2.30. The molecule has 144 valence electrons. The summed E-state index contributed by atoms with van der Waals surface area (Å²) in [6, 6.07) is 6.07. The molecule has 1 fully saturated rings. The van der Waals surface area contributed by atoms with Crippen molar-refractivity contribution in [2.45, 2.75) is 18.9 Å². The van der Waals surface area contributed by atoms with E-state index >= 15 is 0 Å². The summed E-state index contributed by atoms with van der Waals surface area (Å²) in [7, 11) is -2.10. The highest BCUT2D eigenvalue weighted by atomic mass is 32.2. The number of thiazole rings is 1. The van der Waals surface area contributed by atoms with Gasteiger partial charge in [-0.25, -0.2) is 18.2 Å². The number of nitrogens with zero attached hydrogens (tertiary/aromatic N) is 2. The molecule has 8 nitrogen and oxygen atoms in total. The second-order valence-corrected chi connectivity index (χ2v) is 8.92. The van der Waals surface area contributed by atoms with E-state index in [0.717, 1.165) is 11.8 Å². The molecule has 2 heterocycles. The summed E-state index contributed by atoms with van der Waals surface area (Å²) < 4.78 is 29.5. The van der Waals surface area contributed by atoms with E-state index in [1.807, 2.05) is 0 Å². The van der Waals surface area contributed by atoms with E-state index in [1.54, 1.807) is 29.6 Å². The van der Waals surface area contributed by atoms with Crippen LogP contribution in [-0.4, -0.2) is 55.5 Å². The van der Waals surface area contributed by atoms with Gasteiger partial charge in [0.15, 0.2) is 5.13 Å². The summed E-state index contributed by atoms with van der Waals surface area (Å²) in [6.07, 6.45) is 2.25. The quantitative estimate of drug-likeness (QED) is 0.757. The Bertz CT molecular complexity index is 953. The van der Waals surface area contributed by atoms with Crippen molar-refractivity contribution < 1.29 is 22.7 Å². The number of aromatic nitrogens is 1. The van der Waals surface area contributed by atoms with Gasteiger partial charge in [0.05, 0.1) is 24.6 Å². The Kier molecular flexibility index (Phi) is 5.59. The van der Waals surface area contributed by atoms with Gasteiger partial charge in [0.2, 0.25) is 15.9 Å². The number of carbonyl (C=O) groups is 2. The maximum Gasteiger partial charge on any atom is 0.337 e. The van der Waals surface area contributed by atoms with Crippen LogP contribution in [0.2, 0.25) is 0 Å². The third-order valence-corrected chi connectivity index (χ3v) is 6.32. The molecule has 1 N–H and O–H groups in total. The van der Waals surface area contributed by atoms with E-state index in [1.165, 1.54) is 22.8 Å². The molecule has 1 amide bonds. The number of methoxy groups -OCH3 is 1. The van der Waals surface area contributed by atoms with E-state index in [2.05, 4.69) is 15.0 Å². The van der Waals surface area contributed by atoms with Crippen LogP contribution in [0.25, 0.3) is 11.3 Å². The summed E-state index contributed by atoms with van der Waals surface area (Å²) in [5, 5.41) is 4.88. The number of nitrogens with one attached hydrogen (secondary N) is 1. The first kappa shape index (κ1) is 19.5. The van der Waals surface area contributed by atoms with Crippen LogP contribution in [0.15, 0.2) is 29.6 Å². The number of hydrogen-bond acceptors (Lipinski definition) is 7. The normalized spacial score (nSPS) is 17.6. The lowest BCUT2D eigenvalue weighted by atomic mass is 10.1. The first-order valence-electron chi connectivity index (χ1n) is 8.21. The largest absolute Gasteiger partial charge is 0.465 e. The van der Waals surface area contributed by atoms with Gasteiger partial charge in [-0.05, 0) is 25.0 Å². The Morgan fingerprint density at radius 1 is 1.30 bits per heavy atom. The molecule has 0 saturated carbocycles. The summed E-state index contributed by atoms with van der Waals surface area (Å²) >= 11 is 1.25. The van der Waals surface area contributed by atoms with Crippen molar-refractivity contribution >= 4 is 38.4 Å². The lowest BCUT2D eigenvalue weighted by Crippen LogP contribution is -2.42. The summed E-state index contributed by atoms with van der Waals surface area (Å²) in [5.74, 6) is -0.792. The Labute approximate surface area is 161 Å². The average Bonchev–Trinajstić information content (AvgIpc) is 3.30. The molecule has 2 aromatic rings. The lowest BCUT2D eigenvalue weighted by Gasteiger charge is -2.20. The van der Waals surface area contributed by atoms with Gasteiger partial charge in [0.25, 0.3) is 0 Å². The Morgan fingerprint density at radius 3 is 2.63 bits per heavy atom. The molecule has 0 aliphatic carbocycles. The van der Waals surface area contributed by atoms with E-state index in [9.17, 15) is 18.0 Å². The minimum Gasteiger partial charge on any atom is -0.465 e. The van der Waals surface area contributed by atoms with Crippen LogP contribution < -0.4 is 5.32 Å². The fourth-order valence-corrected chi connectivity index (χ4v) is 4.79. The van der Waals surface area contributed by atoms with Crippen LogP contribution in [0.4, 0.5) is 5.13 Å². The molecular formula is C17H19N3O5S2.